The average Bonchev–Trinajstić information content (AvgIpc) is 2.76. The van der Waals surface area contributed by atoms with Gasteiger partial charge in [0.05, 0.1) is 5.71 Å². The lowest BCUT2D eigenvalue weighted by Crippen LogP contribution is -2.11. The van der Waals surface area contributed by atoms with Crippen LogP contribution in [0.3, 0.4) is 0 Å². The third-order valence-corrected chi connectivity index (χ3v) is 5.47. The van der Waals surface area contributed by atoms with Gasteiger partial charge in [0, 0.05) is 12.1 Å². The highest BCUT2D eigenvalue weighted by Gasteiger charge is 2.14. The molecule has 1 aliphatic rings. The molecule has 3 aromatic rings. The monoisotopic (exact) mass is 395 g/mol. The fourth-order valence-corrected chi connectivity index (χ4v) is 3.65. The van der Waals surface area contributed by atoms with Crippen molar-refractivity contribution in [3.63, 3.8) is 0 Å². The van der Waals surface area contributed by atoms with Crippen molar-refractivity contribution in [1.82, 2.24) is 0 Å². The Bertz CT molecular complexity index is 1050. The molecule has 0 saturated heterocycles. The highest BCUT2D eigenvalue weighted by atomic mass is 16.5. The molecule has 0 spiro atoms. The molecule has 152 valence electrons. The van der Waals surface area contributed by atoms with Crippen molar-refractivity contribution in [1.29, 1.82) is 0 Å². The van der Waals surface area contributed by atoms with E-state index in [0.717, 1.165) is 24.4 Å². The summed E-state index contributed by atoms with van der Waals surface area (Å²) in [6.07, 6.45) is 5.24. The lowest BCUT2D eigenvalue weighted by molar-refractivity contribution is 0.306. The predicted octanol–water partition coefficient (Wildman–Crippen LogP) is 6.62. The Morgan fingerprint density at radius 2 is 1.67 bits per heavy atom. The summed E-state index contributed by atoms with van der Waals surface area (Å²) >= 11 is 0. The summed E-state index contributed by atoms with van der Waals surface area (Å²) in [4.78, 5) is 4.75. The zero-order valence-corrected chi connectivity index (χ0v) is 18.1. The number of nitrogens with zero attached hydrogens (tertiary/aromatic N) is 1. The van der Waals surface area contributed by atoms with Crippen molar-refractivity contribution >= 4 is 11.8 Å². The van der Waals surface area contributed by atoms with Gasteiger partial charge in [-0.3, -0.25) is 4.99 Å². The maximum absolute atomic E-state index is 6.00. The molecule has 3 aromatic carbocycles. The van der Waals surface area contributed by atoms with E-state index in [4.69, 9.17) is 9.73 Å². The van der Waals surface area contributed by atoms with Crippen LogP contribution in [-0.2, 0) is 18.4 Å². The van der Waals surface area contributed by atoms with Crippen molar-refractivity contribution < 1.29 is 4.74 Å². The molecule has 1 aliphatic heterocycles. The van der Waals surface area contributed by atoms with Gasteiger partial charge in [-0.2, -0.15) is 0 Å². The molecule has 0 fully saturated rings. The van der Waals surface area contributed by atoms with Crippen LogP contribution in [0.5, 0.6) is 5.75 Å². The molecule has 0 atom stereocenters. The first kappa shape index (κ1) is 20.2. The van der Waals surface area contributed by atoms with Gasteiger partial charge in [0.15, 0.2) is 0 Å². The molecule has 0 radical (unpaired) electrons. The standard InChI is InChI=1S/C28H29NO/c1-28(2,3)24-12-9-21(10-13-24)11-16-27-26-15-14-25(19-23(26)17-18-29-27)30-20-22-7-5-4-6-8-22/h4-16,19H,17-18,20H2,1-3H3. The number of rotatable bonds is 5. The first-order valence-corrected chi connectivity index (χ1v) is 10.6. The van der Waals surface area contributed by atoms with Gasteiger partial charge in [-0.15, -0.1) is 0 Å². The van der Waals surface area contributed by atoms with Crippen LogP contribution >= 0.6 is 0 Å². The van der Waals surface area contributed by atoms with Gasteiger partial charge in [0.25, 0.3) is 0 Å². The Balaban J connectivity index is 1.46. The van der Waals surface area contributed by atoms with Gasteiger partial charge < -0.3 is 4.74 Å². The number of hydrogen-bond donors (Lipinski definition) is 0. The molecule has 1 heterocycles. The highest BCUT2D eigenvalue weighted by molar-refractivity contribution is 6.12. The van der Waals surface area contributed by atoms with Crippen LogP contribution in [0.25, 0.3) is 6.08 Å². The van der Waals surface area contributed by atoms with Gasteiger partial charge in [-0.1, -0.05) is 81.4 Å². The summed E-state index contributed by atoms with van der Waals surface area (Å²) in [5.74, 6) is 0.917. The van der Waals surface area contributed by atoms with Crippen molar-refractivity contribution in [2.45, 2.75) is 39.2 Å². The summed E-state index contributed by atoms with van der Waals surface area (Å²) in [7, 11) is 0. The third kappa shape index (κ3) is 4.88. The van der Waals surface area contributed by atoms with Gasteiger partial charge in [-0.25, -0.2) is 0 Å². The van der Waals surface area contributed by atoms with Gasteiger partial charge in [0.2, 0.25) is 0 Å². The van der Waals surface area contributed by atoms with Crippen molar-refractivity contribution in [2.24, 2.45) is 4.99 Å². The van der Waals surface area contributed by atoms with E-state index in [0.29, 0.717) is 6.61 Å². The second-order valence-corrected chi connectivity index (χ2v) is 8.82. The minimum Gasteiger partial charge on any atom is -0.489 e. The lowest BCUT2D eigenvalue weighted by atomic mass is 9.86. The first-order valence-electron chi connectivity index (χ1n) is 10.6. The van der Waals surface area contributed by atoms with E-state index >= 15 is 0 Å². The Kier molecular flexibility index (Phi) is 5.85. The second kappa shape index (κ2) is 8.71. The summed E-state index contributed by atoms with van der Waals surface area (Å²) < 4.78 is 6.00. The van der Waals surface area contributed by atoms with E-state index in [-0.39, 0.29) is 5.41 Å². The van der Waals surface area contributed by atoms with E-state index in [2.05, 4.69) is 87.5 Å². The molecular formula is C28H29NO. The van der Waals surface area contributed by atoms with Gasteiger partial charge in [-0.05, 0) is 58.4 Å². The van der Waals surface area contributed by atoms with Crippen LogP contribution in [0.15, 0.2) is 83.9 Å². The molecule has 0 aromatic heterocycles. The Labute approximate surface area is 180 Å². The molecule has 0 bridgehead atoms. The third-order valence-electron chi connectivity index (χ3n) is 5.47. The number of hydrogen-bond acceptors (Lipinski definition) is 2. The molecule has 0 aliphatic carbocycles. The molecular weight excluding hydrogens is 366 g/mol. The van der Waals surface area contributed by atoms with Crippen LogP contribution in [-0.4, -0.2) is 12.3 Å². The fourth-order valence-electron chi connectivity index (χ4n) is 3.65. The zero-order valence-electron chi connectivity index (χ0n) is 18.1. The van der Waals surface area contributed by atoms with Gasteiger partial charge in [0.1, 0.15) is 12.4 Å². The number of benzene rings is 3. The maximum Gasteiger partial charge on any atom is 0.120 e. The second-order valence-electron chi connectivity index (χ2n) is 8.82. The van der Waals surface area contributed by atoms with E-state index in [1.807, 2.05) is 18.2 Å². The molecule has 0 saturated carbocycles. The first-order chi connectivity index (χ1) is 14.5. The molecule has 2 nitrogen and oxygen atoms in total. The minimum atomic E-state index is 0.176. The molecule has 0 N–H and O–H groups in total. The highest BCUT2D eigenvalue weighted by Crippen LogP contribution is 2.25. The summed E-state index contributed by atoms with van der Waals surface area (Å²) in [5, 5.41) is 0. The smallest absolute Gasteiger partial charge is 0.120 e. The summed E-state index contributed by atoms with van der Waals surface area (Å²) in [5.41, 5.74) is 7.45. The minimum absolute atomic E-state index is 0.176. The van der Waals surface area contributed by atoms with E-state index in [1.165, 1.54) is 27.8 Å². The molecule has 0 amide bonds. The summed E-state index contributed by atoms with van der Waals surface area (Å²) in [6.45, 7) is 8.12. The number of aliphatic imine (C=N–C) groups is 1. The van der Waals surface area contributed by atoms with Crippen LogP contribution in [0.4, 0.5) is 0 Å². The molecule has 4 rings (SSSR count). The number of allylic oxidation sites excluding steroid dienone is 1. The van der Waals surface area contributed by atoms with Crippen LogP contribution < -0.4 is 4.74 Å². The lowest BCUT2D eigenvalue weighted by Gasteiger charge is -2.19. The SMILES string of the molecule is CC(C)(C)c1ccc(C=CC2=NCCc3cc(OCc4ccccc4)ccc32)cc1. The Morgan fingerprint density at radius 3 is 2.40 bits per heavy atom. The number of fused-ring (bicyclic) bond motifs is 1. The summed E-state index contributed by atoms with van der Waals surface area (Å²) in [6, 6.07) is 25.4. The van der Waals surface area contributed by atoms with Gasteiger partial charge >= 0.3 is 0 Å². The largest absolute Gasteiger partial charge is 0.489 e. The van der Waals surface area contributed by atoms with Crippen LogP contribution in [0, 0.1) is 0 Å². The maximum atomic E-state index is 6.00. The molecule has 2 heteroatoms. The fraction of sp³-hybridized carbons (Fsp3) is 0.250. The van der Waals surface area contributed by atoms with E-state index < -0.39 is 0 Å². The normalized spacial score (nSPS) is 13.8. The Morgan fingerprint density at radius 1 is 0.900 bits per heavy atom. The zero-order chi connectivity index (χ0) is 21.0. The topological polar surface area (TPSA) is 21.6 Å². The number of ether oxygens (including phenoxy) is 1. The van der Waals surface area contributed by atoms with Crippen molar-refractivity contribution in [3.8, 4) is 5.75 Å². The van der Waals surface area contributed by atoms with Crippen LogP contribution in [0.2, 0.25) is 0 Å². The van der Waals surface area contributed by atoms with Crippen LogP contribution in [0.1, 0.15) is 48.6 Å². The van der Waals surface area contributed by atoms with E-state index in [9.17, 15) is 0 Å². The van der Waals surface area contributed by atoms with E-state index in [1.54, 1.807) is 0 Å². The Hall–Kier alpha value is -3.13. The quantitative estimate of drug-likeness (QED) is 0.475. The van der Waals surface area contributed by atoms with Crippen molar-refractivity contribution in [3.05, 3.63) is 107 Å². The molecule has 30 heavy (non-hydrogen) atoms. The predicted molar refractivity (Wildman–Crippen MR) is 127 cm³/mol. The van der Waals surface area contributed by atoms with Crippen molar-refractivity contribution in [2.75, 3.05) is 6.54 Å². The average molecular weight is 396 g/mol. The molecule has 0 unspecified atom stereocenters.